The van der Waals surface area contributed by atoms with Crippen molar-refractivity contribution < 1.29 is 8.83 Å². The summed E-state index contributed by atoms with van der Waals surface area (Å²) in [5, 5.41) is 2.76. The van der Waals surface area contributed by atoms with E-state index in [9.17, 15) is 0 Å². The highest BCUT2D eigenvalue weighted by Gasteiger charge is 2.19. The minimum Gasteiger partial charge on any atom is -0.461 e. The first-order valence-corrected chi connectivity index (χ1v) is 15.0. The molecule has 0 aromatic carbocycles. The minimum atomic E-state index is 0.962. The Morgan fingerprint density at radius 3 is 1.91 bits per heavy atom. The highest BCUT2D eigenvalue weighted by Crippen LogP contribution is 2.51. The molecule has 0 aliphatic heterocycles. The summed E-state index contributed by atoms with van der Waals surface area (Å²) >= 11 is 7.54. The van der Waals surface area contributed by atoms with E-state index in [2.05, 4.69) is 37.3 Å². The van der Waals surface area contributed by atoms with Crippen molar-refractivity contribution >= 4 is 73.5 Å². The molecule has 0 aliphatic rings. The summed E-state index contributed by atoms with van der Waals surface area (Å²) in [6.07, 6.45) is 8.96. The van der Waals surface area contributed by atoms with Crippen molar-refractivity contribution in [2.45, 2.75) is 58.8 Å². The van der Waals surface area contributed by atoms with Gasteiger partial charge in [-0.05, 0) is 49.7 Å². The summed E-state index contributed by atoms with van der Waals surface area (Å²) < 4.78 is 17.7. The van der Waals surface area contributed by atoms with Gasteiger partial charge in [-0.2, -0.15) is 0 Å². The van der Waals surface area contributed by atoms with Crippen LogP contribution in [0.15, 0.2) is 45.2 Å². The lowest BCUT2D eigenvalue weighted by atomic mass is 10.1. The van der Waals surface area contributed by atoms with E-state index in [0.29, 0.717) is 0 Å². The van der Waals surface area contributed by atoms with E-state index in [0.717, 1.165) is 29.5 Å². The molecule has 170 valence electrons. The molecule has 0 atom stereocenters. The lowest BCUT2D eigenvalue weighted by Crippen LogP contribution is -1.83. The summed E-state index contributed by atoms with van der Waals surface area (Å²) in [7, 11) is 0. The third-order valence-electron chi connectivity index (χ3n) is 6.15. The Morgan fingerprint density at radius 1 is 0.667 bits per heavy atom. The number of thiophene rings is 4. The lowest BCUT2D eigenvalue weighted by Gasteiger charge is -1.99. The van der Waals surface area contributed by atoms with Crippen LogP contribution in [-0.2, 0) is 6.42 Å². The minimum absolute atomic E-state index is 0.962. The van der Waals surface area contributed by atoms with Gasteiger partial charge in [0.2, 0.25) is 0 Å². The molecule has 2 nitrogen and oxygen atoms in total. The monoisotopic (exact) mass is 510 g/mol. The molecule has 6 aromatic heterocycles. The highest BCUT2D eigenvalue weighted by molar-refractivity contribution is 7.50. The summed E-state index contributed by atoms with van der Waals surface area (Å²) in [6, 6.07) is 13.1. The molecule has 6 heteroatoms. The zero-order valence-electron chi connectivity index (χ0n) is 18.9. The predicted molar refractivity (Wildman–Crippen MR) is 148 cm³/mol. The predicted octanol–water partition coefficient (Wildman–Crippen LogP) is 11.1. The molecular formula is C27H26O2S4. The SMILES string of the molecule is CCCCCCCCc1ccc(-c2cc3c(s2)sc2c4cc(-c5ccc(C)o5)sc4sc32)o1. The van der Waals surface area contributed by atoms with E-state index in [-0.39, 0.29) is 0 Å². The van der Waals surface area contributed by atoms with E-state index >= 15 is 0 Å². The Balaban J connectivity index is 1.22. The summed E-state index contributed by atoms with van der Waals surface area (Å²) in [5.74, 6) is 4.08. The first-order chi connectivity index (χ1) is 16.2. The number of hydrogen-bond acceptors (Lipinski definition) is 6. The van der Waals surface area contributed by atoms with Gasteiger partial charge in [0.05, 0.1) is 27.2 Å². The Kier molecular flexibility index (Phi) is 5.95. The van der Waals surface area contributed by atoms with Crippen LogP contribution in [0.1, 0.15) is 57.0 Å². The van der Waals surface area contributed by atoms with Crippen molar-refractivity contribution in [3.63, 3.8) is 0 Å². The van der Waals surface area contributed by atoms with Crippen molar-refractivity contribution in [1.82, 2.24) is 0 Å². The molecule has 0 saturated carbocycles. The fourth-order valence-electron chi connectivity index (χ4n) is 4.38. The van der Waals surface area contributed by atoms with Crippen LogP contribution in [0, 0.1) is 6.92 Å². The molecule has 6 rings (SSSR count). The van der Waals surface area contributed by atoms with Crippen molar-refractivity contribution in [3.8, 4) is 21.3 Å². The molecule has 0 aliphatic carbocycles. The molecule has 0 spiro atoms. The van der Waals surface area contributed by atoms with Crippen molar-refractivity contribution in [2.75, 3.05) is 0 Å². The van der Waals surface area contributed by atoms with Gasteiger partial charge in [0, 0.05) is 17.2 Å². The number of rotatable bonds is 9. The van der Waals surface area contributed by atoms with Crippen LogP contribution in [0.4, 0.5) is 0 Å². The van der Waals surface area contributed by atoms with Gasteiger partial charge in [-0.25, -0.2) is 0 Å². The van der Waals surface area contributed by atoms with Gasteiger partial charge in [-0.3, -0.25) is 0 Å². The van der Waals surface area contributed by atoms with Crippen LogP contribution in [0.2, 0.25) is 0 Å². The van der Waals surface area contributed by atoms with Crippen molar-refractivity contribution in [1.29, 1.82) is 0 Å². The number of furan rings is 2. The quantitative estimate of drug-likeness (QED) is 0.181. The van der Waals surface area contributed by atoms with Gasteiger partial charge >= 0.3 is 0 Å². The van der Waals surface area contributed by atoms with Gasteiger partial charge in [-0.1, -0.05) is 39.0 Å². The molecule has 6 aromatic rings. The largest absolute Gasteiger partial charge is 0.461 e. The van der Waals surface area contributed by atoms with E-state index < -0.39 is 0 Å². The fraction of sp³-hybridized carbons (Fsp3) is 0.333. The molecule has 0 saturated heterocycles. The van der Waals surface area contributed by atoms with E-state index in [1.807, 2.05) is 58.3 Å². The summed E-state index contributed by atoms with van der Waals surface area (Å²) in [4.78, 5) is 2.47. The maximum absolute atomic E-state index is 6.23. The van der Waals surface area contributed by atoms with Gasteiger partial charge in [0.25, 0.3) is 0 Å². The maximum Gasteiger partial charge on any atom is 0.144 e. The third-order valence-corrected chi connectivity index (χ3v) is 11.2. The Morgan fingerprint density at radius 2 is 1.27 bits per heavy atom. The van der Waals surface area contributed by atoms with Crippen LogP contribution in [0.3, 0.4) is 0 Å². The fourth-order valence-corrected chi connectivity index (χ4v) is 9.84. The topological polar surface area (TPSA) is 26.3 Å². The van der Waals surface area contributed by atoms with Crippen LogP contribution in [0.5, 0.6) is 0 Å². The second kappa shape index (κ2) is 9.06. The Bertz CT molecular complexity index is 1530. The number of hydrogen-bond donors (Lipinski definition) is 0. The molecular weight excluding hydrogens is 485 g/mol. The number of aryl methyl sites for hydroxylation is 2. The summed E-state index contributed by atoms with van der Waals surface area (Å²) in [5.41, 5.74) is 0. The molecule has 0 amide bonds. The third kappa shape index (κ3) is 4.12. The highest BCUT2D eigenvalue weighted by atomic mass is 32.2. The van der Waals surface area contributed by atoms with E-state index in [1.165, 1.54) is 76.5 Å². The zero-order valence-corrected chi connectivity index (χ0v) is 22.1. The maximum atomic E-state index is 6.23. The Hall–Kier alpha value is -1.86. The molecule has 33 heavy (non-hydrogen) atoms. The second-order valence-corrected chi connectivity index (χ2v) is 13.3. The van der Waals surface area contributed by atoms with Gasteiger partial charge in [-0.15, -0.1) is 45.3 Å². The van der Waals surface area contributed by atoms with Crippen LogP contribution in [0.25, 0.3) is 49.5 Å². The average Bonchev–Trinajstić information content (AvgIpc) is 3.59. The average molecular weight is 511 g/mol. The van der Waals surface area contributed by atoms with E-state index in [1.54, 1.807) is 0 Å². The molecule has 0 N–H and O–H groups in total. The molecule has 0 fully saturated rings. The zero-order chi connectivity index (χ0) is 22.4. The van der Waals surface area contributed by atoms with Gasteiger partial charge in [0.1, 0.15) is 23.0 Å². The van der Waals surface area contributed by atoms with Crippen LogP contribution >= 0.6 is 45.3 Å². The lowest BCUT2D eigenvalue weighted by molar-refractivity contribution is 0.503. The Labute approximate surface area is 209 Å². The first-order valence-electron chi connectivity index (χ1n) is 11.7. The molecule has 6 heterocycles. The van der Waals surface area contributed by atoms with Crippen molar-refractivity contribution in [3.05, 3.63) is 47.9 Å². The molecule has 0 radical (unpaired) electrons. The smallest absolute Gasteiger partial charge is 0.144 e. The molecule has 0 bridgehead atoms. The summed E-state index contributed by atoms with van der Waals surface area (Å²) in [6.45, 7) is 4.27. The number of fused-ring (bicyclic) bond motifs is 5. The standard InChI is InChI=1S/C27H26O2S4/c1-3-4-5-6-7-8-9-17-11-13-21(29-17)23-15-19-25-24(33-27(19)31-23)18-14-22(30-26(18)32-25)20-12-10-16(2)28-20/h10-15H,3-9H2,1-2H3. The first kappa shape index (κ1) is 21.7. The van der Waals surface area contributed by atoms with Gasteiger partial charge < -0.3 is 8.83 Å². The van der Waals surface area contributed by atoms with Crippen molar-refractivity contribution in [2.24, 2.45) is 0 Å². The van der Waals surface area contributed by atoms with Crippen LogP contribution in [-0.4, -0.2) is 0 Å². The van der Waals surface area contributed by atoms with Gasteiger partial charge in [0.15, 0.2) is 0 Å². The second-order valence-electron chi connectivity index (χ2n) is 8.68. The van der Waals surface area contributed by atoms with E-state index in [4.69, 9.17) is 8.83 Å². The molecule has 0 unspecified atom stereocenters. The normalized spacial score (nSPS) is 12.2. The number of unbranched alkanes of at least 4 members (excludes halogenated alkanes) is 5. The van der Waals surface area contributed by atoms with Crippen LogP contribution < -0.4 is 0 Å².